The predicted octanol–water partition coefficient (Wildman–Crippen LogP) is 5.29. The number of hydrogen-bond donors (Lipinski definition) is 1. The Morgan fingerprint density at radius 1 is 1.00 bits per heavy atom. The SMILES string of the molecule is C[n+]1c(-c2ccc(Cl)cc2)csc1Nc1cccc(Cl)c1. The smallest absolute Gasteiger partial charge is 0.231 e. The first kappa shape index (κ1) is 14.4. The van der Waals surface area contributed by atoms with Gasteiger partial charge < -0.3 is 0 Å². The van der Waals surface area contributed by atoms with Crippen molar-refractivity contribution in [2.24, 2.45) is 7.05 Å². The number of aromatic nitrogens is 1. The summed E-state index contributed by atoms with van der Waals surface area (Å²) in [4.78, 5) is 0. The van der Waals surface area contributed by atoms with Gasteiger partial charge in [-0.3, -0.25) is 0 Å². The van der Waals surface area contributed by atoms with E-state index in [9.17, 15) is 0 Å². The zero-order valence-electron chi connectivity index (χ0n) is 11.3. The first-order chi connectivity index (χ1) is 10.1. The normalized spacial score (nSPS) is 10.6. The number of rotatable bonds is 3. The molecule has 0 aliphatic rings. The molecule has 3 aromatic rings. The standard InChI is InChI=1S/C16H12Cl2N2S/c1-20-15(11-5-7-12(17)8-6-11)10-21-16(20)19-14-4-2-3-13(18)9-14/h2-10H,1H3/p+1. The molecule has 21 heavy (non-hydrogen) atoms. The molecule has 0 bridgehead atoms. The van der Waals surface area contributed by atoms with Gasteiger partial charge in [0.2, 0.25) is 0 Å². The second-order valence-electron chi connectivity index (χ2n) is 4.63. The third kappa shape index (κ3) is 3.21. The van der Waals surface area contributed by atoms with Crippen LogP contribution in [-0.2, 0) is 7.05 Å². The van der Waals surface area contributed by atoms with Gasteiger partial charge >= 0.3 is 5.13 Å². The fourth-order valence-corrected chi connectivity index (χ4v) is 3.33. The molecule has 0 atom stereocenters. The van der Waals surface area contributed by atoms with Crippen LogP contribution in [0.5, 0.6) is 0 Å². The van der Waals surface area contributed by atoms with E-state index in [2.05, 4.69) is 15.3 Å². The van der Waals surface area contributed by atoms with E-state index in [1.165, 1.54) is 0 Å². The number of benzene rings is 2. The molecular formula is C16H13Cl2N2S+. The van der Waals surface area contributed by atoms with Crippen LogP contribution in [0.25, 0.3) is 11.3 Å². The zero-order valence-corrected chi connectivity index (χ0v) is 13.6. The number of halogens is 2. The average molecular weight is 336 g/mol. The summed E-state index contributed by atoms with van der Waals surface area (Å²) in [5, 5.41) is 8.01. The summed E-state index contributed by atoms with van der Waals surface area (Å²) in [7, 11) is 2.04. The fourth-order valence-electron chi connectivity index (χ4n) is 2.06. The van der Waals surface area contributed by atoms with Crippen LogP contribution in [-0.4, -0.2) is 0 Å². The summed E-state index contributed by atoms with van der Waals surface area (Å²) in [6.07, 6.45) is 0. The van der Waals surface area contributed by atoms with Gasteiger partial charge in [-0.1, -0.05) is 40.6 Å². The first-order valence-corrected chi connectivity index (χ1v) is 8.03. The summed E-state index contributed by atoms with van der Waals surface area (Å²) in [6.45, 7) is 0. The molecule has 0 aliphatic carbocycles. The molecule has 106 valence electrons. The lowest BCUT2D eigenvalue weighted by Gasteiger charge is -2.01. The molecule has 0 aliphatic heterocycles. The van der Waals surface area contributed by atoms with E-state index in [4.69, 9.17) is 23.2 Å². The topological polar surface area (TPSA) is 15.9 Å². The van der Waals surface area contributed by atoms with E-state index in [1.807, 2.05) is 55.6 Å². The highest BCUT2D eigenvalue weighted by atomic mass is 35.5. The van der Waals surface area contributed by atoms with Crippen molar-refractivity contribution in [1.29, 1.82) is 0 Å². The Bertz CT molecular complexity index is 766. The molecule has 0 radical (unpaired) electrons. The van der Waals surface area contributed by atoms with Crippen molar-refractivity contribution in [3.8, 4) is 11.3 Å². The van der Waals surface area contributed by atoms with E-state index < -0.39 is 0 Å². The molecule has 0 amide bonds. The molecule has 0 spiro atoms. The highest BCUT2D eigenvalue weighted by Gasteiger charge is 2.16. The Kier molecular flexibility index (Phi) is 4.15. The first-order valence-electron chi connectivity index (χ1n) is 6.39. The quantitative estimate of drug-likeness (QED) is 0.643. The number of nitrogens with zero attached hydrogens (tertiary/aromatic N) is 1. The molecule has 2 nitrogen and oxygen atoms in total. The van der Waals surface area contributed by atoms with Gasteiger partial charge in [0.1, 0.15) is 11.4 Å². The molecule has 0 saturated carbocycles. The summed E-state index contributed by atoms with van der Waals surface area (Å²) in [5.41, 5.74) is 3.25. The number of anilines is 2. The minimum atomic E-state index is 0.720. The summed E-state index contributed by atoms with van der Waals surface area (Å²) >= 11 is 13.6. The van der Waals surface area contributed by atoms with Crippen molar-refractivity contribution in [3.63, 3.8) is 0 Å². The Labute approximate surface area is 137 Å². The maximum atomic E-state index is 6.01. The molecule has 5 heteroatoms. The van der Waals surface area contributed by atoms with E-state index in [0.29, 0.717) is 0 Å². The van der Waals surface area contributed by atoms with Crippen molar-refractivity contribution in [3.05, 3.63) is 64.0 Å². The zero-order chi connectivity index (χ0) is 14.8. The summed E-state index contributed by atoms with van der Waals surface area (Å²) in [6, 6.07) is 15.5. The van der Waals surface area contributed by atoms with Crippen LogP contribution in [0.1, 0.15) is 0 Å². The molecular weight excluding hydrogens is 323 g/mol. The van der Waals surface area contributed by atoms with Crippen molar-refractivity contribution in [2.75, 3.05) is 5.32 Å². The third-order valence-corrected chi connectivity index (χ3v) is 4.59. The lowest BCUT2D eigenvalue weighted by molar-refractivity contribution is -0.641. The van der Waals surface area contributed by atoms with Crippen LogP contribution >= 0.6 is 34.5 Å². The van der Waals surface area contributed by atoms with Crippen LogP contribution in [0.15, 0.2) is 53.9 Å². The van der Waals surface area contributed by atoms with Crippen LogP contribution in [0, 0.1) is 0 Å². The maximum absolute atomic E-state index is 6.01. The van der Waals surface area contributed by atoms with Gasteiger partial charge in [0.15, 0.2) is 0 Å². The van der Waals surface area contributed by atoms with Crippen molar-refractivity contribution in [2.45, 2.75) is 0 Å². The monoisotopic (exact) mass is 335 g/mol. The molecule has 0 fully saturated rings. The van der Waals surface area contributed by atoms with E-state index in [1.54, 1.807) is 11.3 Å². The molecule has 1 aromatic heterocycles. The fraction of sp³-hybridized carbons (Fsp3) is 0.0625. The number of nitrogens with one attached hydrogen (secondary N) is 1. The van der Waals surface area contributed by atoms with E-state index in [0.717, 1.165) is 32.1 Å². The Balaban J connectivity index is 1.90. The Morgan fingerprint density at radius 3 is 2.48 bits per heavy atom. The highest BCUT2D eigenvalue weighted by molar-refractivity contribution is 7.13. The van der Waals surface area contributed by atoms with Gasteiger partial charge in [0.25, 0.3) is 0 Å². The van der Waals surface area contributed by atoms with Gasteiger partial charge in [0, 0.05) is 27.1 Å². The van der Waals surface area contributed by atoms with E-state index in [-0.39, 0.29) is 0 Å². The molecule has 3 rings (SSSR count). The minimum Gasteiger partial charge on any atom is -0.231 e. The predicted molar refractivity (Wildman–Crippen MR) is 90.7 cm³/mol. The lowest BCUT2D eigenvalue weighted by atomic mass is 10.2. The largest absolute Gasteiger partial charge is 0.339 e. The molecule has 0 saturated heterocycles. The average Bonchev–Trinajstić information content (AvgIpc) is 2.81. The summed E-state index contributed by atoms with van der Waals surface area (Å²) in [5.74, 6) is 0. The van der Waals surface area contributed by atoms with Gasteiger partial charge in [-0.25, -0.2) is 9.88 Å². The maximum Gasteiger partial charge on any atom is 0.339 e. The lowest BCUT2D eigenvalue weighted by Crippen LogP contribution is -2.30. The Hall–Kier alpha value is -1.55. The number of hydrogen-bond acceptors (Lipinski definition) is 2. The van der Waals surface area contributed by atoms with Gasteiger partial charge in [-0.2, -0.15) is 0 Å². The van der Waals surface area contributed by atoms with Crippen LogP contribution in [0.2, 0.25) is 10.0 Å². The molecule has 0 unspecified atom stereocenters. The second-order valence-corrected chi connectivity index (χ2v) is 6.36. The van der Waals surface area contributed by atoms with Gasteiger partial charge in [-0.15, -0.1) is 0 Å². The third-order valence-electron chi connectivity index (χ3n) is 3.16. The molecule has 1 heterocycles. The van der Waals surface area contributed by atoms with Crippen molar-refractivity contribution < 1.29 is 4.57 Å². The van der Waals surface area contributed by atoms with Crippen LogP contribution in [0.4, 0.5) is 10.8 Å². The highest BCUT2D eigenvalue weighted by Crippen LogP contribution is 2.26. The van der Waals surface area contributed by atoms with Crippen LogP contribution in [0.3, 0.4) is 0 Å². The van der Waals surface area contributed by atoms with Crippen molar-refractivity contribution in [1.82, 2.24) is 0 Å². The molecule has 2 aromatic carbocycles. The van der Waals surface area contributed by atoms with Gasteiger partial charge in [0.05, 0.1) is 7.05 Å². The van der Waals surface area contributed by atoms with Crippen molar-refractivity contribution >= 4 is 45.4 Å². The van der Waals surface area contributed by atoms with E-state index >= 15 is 0 Å². The van der Waals surface area contributed by atoms with Gasteiger partial charge in [-0.05, 0) is 36.4 Å². The summed E-state index contributed by atoms with van der Waals surface area (Å²) < 4.78 is 2.12. The van der Waals surface area contributed by atoms with Crippen LogP contribution < -0.4 is 9.88 Å². The Morgan fingerprint density at radius 2 is 1.76 bits per heavy atom. The second kappa shape index (κ2) is 6.06. The molecule has 1 N–H and O–H groups in total. The number of thiazole rings is 1. The minimum absolute atomic E-state index is 0.720.